The van der Waals surface area contributed by atoms with Gasteiger partial charge in [0, 0.05) is 17.8 Å². The summed E-state index contributed by atoms with van der Waals surface area (Å²) >= 11 is 0.0909. The number of halogens is 1. The van der Waals surface area contributed by atoms with Gasteiger partial charge in [-0.05, 0) is 48.5 Å². The molecule has 0 aliphatic carbocycles. The van der Waals surface area contributed by atoms with Gasteiger partial charge in [-0.1, -0.05) is 17.2 Å². The highest BCUT2D eigenvalue weighted by Gasteiger charge is 2.23. The number of rotatable bonds is 18. The number of hydrogen-bond acceptors (Lipinski definition) is 24. The van der Waals surface area contributed by atoms with Gasteiger partial charge in [0.25, 0.3) is 30.4 Å². The Labute approximate surface area is 346 Å². The van der Waals surface area contributed by atoms with E-state index in [9.17, 15) is 61.9 Å². The van der Waals surface area contributed by atoms with Crippen molar-refractivity contribution in [2.24, 2.45) is 20.5 Å². The molecule has 0 radical (unpaired) electrons. The number of phenols is 2. The van der Waals surface area contributed by atoms with Crippen LogP contribution in [0.4, 0.5) is 50.4 Å². The van der Waals surface area contributed by atoms with Crippen molar-refractivity contribution in [1.82, 2.24) is 15.0 Å². The summed E-state index contributed by atoms with van der Waals surface area (Å²) in [4.78, 5) is 7.72. The second-order valence-electron chi connectivity index (χ2n) is 11.3. The molecule has 324 valence electrons. The predicted octanol–water partition coefficient (Wildman–Crippen LogP) is 5.25. The summed E-state index contributed by atoms with van der Waals surface area (Å²) in [5.74, 6) is -3.39. The van der Waals surface area contributed by atoms with Crippen LogP contribution in [-0.2, 0) is 53.7 Å². The van der Waals surface area contributed by atoms with Crippen LogP contribution < -0.4 is 10.6 Å². The van der Waals surface area contributed by atoms with Gasteiger partial charge in [-0.25, -0.2) is 13.7 Å². The maximum absolute atomic E-state index is 14.4. The number of aromatic hydroxyl groups is 2. The van der Waals surface area contributed by atoms with Gasteiger partial charge in [-0.3, -0.25) is 17.8 Å². The fourth-order valence-corrected chi connectivity index (χ4v) is 8.04. The fraction of sp³-hybridized carbons (Fsp3) is 0.0690. The summed E-state index contributed by atoms with van der Waals surface area (Å²) in [5, 5.41) is 52.0. The summed E-state index contributed by atoms with van der Waals surface area (Å²) in [7, 11) is -19.2. The molecule has 0 amide bonds. The monoisotopic (exact) mass is 949 g/mol. The van der Waals surface area contributed by atoms with Gasteiger partial charge in [0.15, 0.2) is 22.2 Å². The minimum Gasteiger partial charge on any atom is -0.505 e. The van der Waals surface area contributed by atoms with Crippen molar-refractivity contribution in [1.29, 1.82) is 0 Å². The van der Waals surface area contributed by atoms with Crippen molar-refractivity contribution >= 4 is 98.5 Å². The lowest BCUT2D eigenvalue weighted by Gasteiger charge is -2.11. The Morgan fingerprint density at radius 2 is 1.23 bits per heavy atom. The van der Waals surface area contributed by atoms with Gasteiger partial charge in [-0.15, -0.1) is 24.8 Å². The van der Waals surface area contributed by atoms with Crippen molar-refractivity contribution in [3.63, 3.8) is 0 Å². The fourth-order valence-electron chi connectivity index (χ4n) is 4.63. The Morgan fingerprint density at radius 1 is 0.639 bits per heavy atom. The van der Waals surface area contributed by atoms with E-state index in [1.54, 1.807) is 0 Å². The molecule has 0 aliphatic heterocycles. The summed E-state index contributed by atoms with van der Waals surface area (Å²) < 4.78 is 150. The van der Waals surface area contributed by atoms with E-state index in [4.69, 9.17) is 5.26 Å². The topological polar surface area (TPSA) is 398 Å². The van der Waals surface area contributed by atoms with E-state index in [1.807, 2.05) is 0 Å². The Kier molecular flexibility index (Phi) is 14.2. The molecule has 61 heavy (non-hydrogen) atoms. The number of benzene rings is 4. The predicted molar refractivity (Wildman–Crippen MR) is 204 cm³/mol. The normalized spacial score (nSPS) is 12.6. The van der Waals surface area contributed by atoms with E-state index in [0.717, 1.165) is 42.5 Å². The first kappa shape index (κ1) is 46.2. The Morgan fingerprint density at radius 3 is 1.85 bits per heavy atom. The van der Waals surface area contributed by atoms with E-state index in [0.29, 0.717) is 12.1 Å². The summed E-state index contributed by atoms with van der Waals surface area (Å²) in [5.41, 5.74) is -2.70. The molecule has 1 heterocycles. The molecule has 5 rings (SSSR count). The zero-order chi connectivity index (χ0) is 44.8. The number of phenolic OH excluding ortho intramolecular Hbond substituents is 2. The average Bonchev–Trinajstić information content (AvgIpc) is 3.16. The van der Waals surface area contributed by atoms with E-state index >= 15 is 0 Å². The third kappa shape index (κ3) is 12.3. The van der Waals surface area contributed by atoms with Gasteiger partial charge in [0.05, 0.1) is 22.9 Å². The van der Waals surface area contributed by atoms with Crippen LogP contribution in [-0.4, -0.2) is 90.1 Å². The lowest BCUT2D eigenvalue weighted by molar-refractivity contribution is -0.434. The third-order valence-corrected chi connectivity index (χ3v) is 12.0. The quantitative estimate of drug-likeness (QED) is 0.0139. The Bertz CT molecular complexity index is 3000. The minimum absolute atomic E-state index is 0.0909. The molecule has 5 aromatic rings. The van der Waals surface area contributed by atoms with Gasteiger partial charge < -0.3 is 20.8 Å². The summed E-state index contributed by atoms with van der Waals surface area (Å²) in [6.45, 7) is -0.527. The van der Waals surface area contributed by atoms with Crippen LogP contribution in [0.25, 0.3) is 0 Å². The number of nitrogens with zero attached hydrogens (tertiary/aromatic N) is 7. The molecule has 32 heteroatoms. The molecule has 4 aromatic carbocycles. The summed E-state index contributed by atoms with van der Waals surface area (Å²) in [6.07, 6.45) is -1.38. The minimum atomic E-state index is -5.17. The largest absolute Gasteiger partial charge is 0.505 e. The number of sulfone groups is 1. The molecule has 0 bridgehead atoms. The number of hydrogen-bond donors (Lipinski definition) is 8. The number of aromatic nitrogens is 3. The molecule has 8 N–H and O–H groups in total. The number of anilines is 4. The first-order chi connectivity index (χ1) is 28.5. The molecule has 0 atom stereocenters. The van der Waals surface area contributed by atoms with Crippen LogP contribution in [0.15, 0.2) is 113 Å². The Hall–Kier alpha value is -5.91. The SMILES string of the molecule is O=S(=O)(O)c1ccc(Nc2nc(F)nc(Nc3ccccc3S(=O)(=O)O)n2)cc1/N=N/c1cc(/N=N/c2ccc(S(=O)(=O)CCOSOOO)cc2S(=O)(=O)O)c(O)cc1O. The molecular formula is C29H24FN9O17S5. The molecule has 0 unspecified atom stereocenters. The highest BCUT2D eigenvalue weighted by atomic mass is 32.2. The molecule has 26 nitrogen and oxygen atoms in total. The van der Waals surface area contributed by atoms with E-state index in [2.05, 4.69) is 59.6 Å². The molecule has 1 aromatic heterocycles. The first-order valence-electron chi connectivity index (χ1n) is 15.7. The van der Waals surface area contributed by atoms with Crippen molar-refractivity contribution < 1.29 is 80.7 Å². The van der Waals surface area contributed by atoms with Crippen molar-refractivity contribution in [3.05, 3.63) is 78.9 Å². The van der Waals surface area contributed by atoms with Gasteiger partial charge in [0.2, 0.25) is 11.9 Å². The number of azo groups is 2. The Balaban J connectivity index is 1.43. The lowest BCUT2D eigenvalue weighted by Crippen LogP contribution is -2.12. The van der Waals surface area contributed by atoms with Crippen LogP contribution in [0.2, 0.25) is 0 Å². The zero-order valence-corrected chi connectivity index (χ0v) is 33.6. The lowest BCUT2D eigenvalue weighted by atomic mass is 10.2. The number of nitrogens with one attached hydrogen (secondary N) is 2. The van der Waals surface area contributed by atoms with E-state index in [1.165, 1.54) is 18.2 Å². The molecular weight excluding hydrogens is 926 g/mol. The second kappa shape index (κ2) is 18.8. The summed E-state index contributed by atoms with van der Waals surface area (Å²) in [6, 6.07) is 11.6. The molecule has 0 spiro atoms. The maximum atomic E-state index is 14.4. The zero-order valence-electron chi connectivity index (χ0n) is 29.6. The van der Waals surface area contributed by atoms with Gasteiger partial charge in [-0.2, -0.15) is 44.6 Å². The van der Waals surface area contributed by atoms with Crippen molar-refractivity contribution in [3.8, 4) is 11.5 Å². The van der Waals surface area contributed by atoms with Crippen LogP contribution in [0.5, 0.6) is 11.5 Å². The smallest absolute Gasteiger partial charge is 0.315 e. The first-order valence-corrected chi connectivity index (χ1v) is 22.3. The molecule has 0 aliphatic rings. The molecule has 0 fully saturated rings. The van der Waals surface area contributed by atoms with Crippen LogP contribution in [0.3, 0.4) is 0 Å². The van der Waals surface area contributed by atoms with Crippen LogP contribution >= 0.6 is 12.3 Å². The highest BCUT2D eigenvalue weighted by Crippen LogP contribution is 2.41. The van der Waals surface area contributed by atoms with Crippen LogP contribution in [0, 0.1) is 6.08 Å². The molecule has 0 saturated carbocycles. The third-order valence-electron chi connectivity index (χ3n) is 7.23. The number of para-hydroxylation sites is 1. The van der Waals surface area contributed by atoms with E-state index < -0.39 is 124 Å². The average molecular weight is 950 g/mol. The van der Waals surface area contributed by atoms with Crippen molar-refractivity contribution in [2.75, 3.05) is 23.0 Å². The van der Waals surface area contributed by atoms with Gasteiger partial charge >= 0.3 is 6.08 Å². The standard InChI is InChI=1S/C29H24FN9O17S5/c30-27-33-28(35-29(34-27)32-17-3-1-2-4-24(17)59(45,46)47)31-15-5-8-25(60(48,49)50)21(11-15)39-38-20-13-19(22(40)14-23(20)41)37-36-18-7-6-16(12-26(18)61(51,52)53)58(43,44)10-9-54-57-56-55-42/h1-8,11-14,40-42H,9-10H2,(H,45,46,47)(H,48,49,50)(H,51,52,53)(H2,31,32,33,34,35)/b37-36+,39-38+. The molecule has 0 saturated heterocycles. The van der Waals surface area contributed by atoms with Crippen LogP contribution in [0.1, 0.15) is 0 Å². The second-order valence-corrected chi connectivity index (χ2v) is 18.1. The van der Waals surface area contributed by atoms with E-state index in [-0.39, 0.29) is 23.7 Å². The maximum Gasteiger partial charge on any atom is 0.315 e. The van der Waals surface area contributed by atoms with Crippen molar-refractivity contribution in [2.45, 2.75) is 19.6 Å². The highest BCUT2D eigenvalue weighted by molar-refractivity contribution is 7.91. The van der Waals surface area contributed by atoms with Gasteiger partial charge in [0.1, 0.15) is 48.9 Å².